The van der Waals surface area contributed by atoms with Crippen LogP contribution in [0.5, 0.6) is 0 Å². The lowest BCUT2D eigenvalue weighted by Crippen LogP contribution is -2.39. The number of carbonyl (C=O) groups excluding carboxylic acids is 1. The van der Waals surface area contributed by atoms with Gasteiger partial charge in [-0.15, -0.1) is 0 Å². The quantitative estimate of drug-likeness (QED) is 0.809. The Morgan fingerprint density at radius 3 is 2.82 bits per heavy atom. The number of amides is 1. The van der Waals surface area contributed by atoms with E-state index < -0.39 is 0 Å². The van der Waals surface area contributed by atoms with Crippen molar-refractivity contribution in [2.24, 2.45) is 0 Å². The molecule has 1 fully saturated rings. The fourth-order valence-electron chi connectivity index (χ4n) is 4.11. The topological polar surface area (TPSA) is 63.1 Å². The average Bonchev–Trinajstić information content (AvgIpc) is 3.11. The Morgan fingerprint density at radius 2 is 2.07 bits per heavy atom. The molecular weight excluding hydrogens is 370 g/mol. The van der Waals surface area contributed by atoms with Crippen LogP contribution in [0.1, 0.15) is 47.1 Å². The van der Waals surface area contributed by atoms with Crippen LogP contribution in [-0.2, 0) is 25.9 Å². The monoisotopic (exact) mass is 399 g/mol. The second kappa shape index (κ2) is 9.09. The van der Waals surface area contributed by atoms with Crippen molar-refractivity contribution in [3.8, 4) is 0 Å². The number of carbonyl (C=O) groups is 1. The van der Waals surface area contributed by atoms with Gasteiger partial charge in [0.2, 0.25) is 0 Å². The third-order valence-corrected chi connectivity index (χ3v) is 6.57. The molecular formula is C21H29N5OS. The Kier molecular flexibility index (Phi) is 6.32. The van der Waals surface area contributed by atoms with E-state index in [1.165, 1.54) is 16.8 Å². The maximum absolute atomic E-state index is 13.2. The van der Waals surface area contributed by atoms with Gasteiger partial charge >= 0.3 is 0 Å². The summed E-state index contributed by atoms with van der Waals surface area (Å²) in [5.74, 6) is 2.18. The lowest BCUT2D eigenvalue weighted by Gasteiger charge is -2.27. The molecule has 150 valence electrons. The van der Waals surface area contributed by atoms with Crippen molar-refractivity contribution in [2.45, 2.75) is 51.7 Å². The van der Waals surface area contributed by atoms with Crippen LogP contribution in [0.25, 0.3) is 0 Å². The van der Waals surface area contributed by atoms with Crippen LogP contribution in [0.3, 0.4) is 0 Å². The third-order valence-electron chi connectivity index (χ3n) is 5.63. The number of hydrogen-bond acceptors (Lipinski definition) is 5. The molecule has 0 bridgehead atoms. The number of aryl methyl sites for hydroxylation is 1. The number of pyridine rings is 1. The molecule has 1 aliphatic heterocycles. The van der Waals surface area contributed by atoms with Crippen molar-refractivity contribution in [3.63, 3.8) is 0 Å². The van der Waals surface area contributed by atoms with E-state index in [-0.39, 0.29) is 5.91 Å². The first-order chi connectivity index (χ1) is 13.8. The van der Waals surface area contributed by atoms with E-state index in [2.05, 4.69) is 21.9 Å². The van der Waals surface area contributed by atoms with Gasteiger partial charge in [0, 0.05) is 67.4 Å². The van der Waals surface area contributed by atoms with E-state index in [0.717, 1.165) is 63.4 Å². The second-order valence-corrected chi connectivity index (χ2v) is 8.80. The molecule has 1 atom stereocenters. The summed E-state index contributed by atoms with van der Waals surface area (Å²) in [5.41, 5.74) is 4.39. The molecule has 1 amide bonds. The van der Waals surface area contributed by atoms with E-state index in [4.69, 9.17) is 5.10 Å². The summed E-state index contributed by atoms with van der Waals surface area (Å²) in [5, 5.41) is 8.46. The molecule has 1 unspecified atom stereocenters. The molecule has 1 aliphatic carbocycles. The zero-order valence-corrected chi connectivity index (χ0v) is 17.4. The fraction of sp³-hybridized carbons (Fsp3) is 0.571. The highest BCUT2D eigenvalue weighted by Gasteiger charge is 2.31. The summed E-state index contributed by atoms with van der Waals surface area (Å²) in [6, 6.07) is 4.47. The second-order valence-electron chi connectivity index (χ2n) is 7.58. The van der Waals surface area contributed by atoms with Crippen LogP contribution in [0.4, 0.5) is 0 Å². The fourth-order valence-corrected chi connectivity index (χ4v) is 5.01. The van der Waals surface area contributed by atoms with Gasteiger partial charge in [-0.2, -0.15) is 16.9 Å². The number of rotatable bonds is 6. The number of hydrogen-bond donors (Lipinski definition) is 1. The largest absolute Gasteiger partial charge is 0.336 e. The van der Waals surface area contributed by atoms with Gasteiger partial charge in [0.05, 0.1) is 0 Å². The maximum Gasteiger partial charge on any atom is 0.274 e. The number of aromatic nitrogens is 3. The molecule has 2 aliphatic rings. The van der Waals surface area contributed by atoms with Gasteiger partial charge in [-0.1, -0.05) is 6.92 Å². The third kappa shape index (κ3) is 4.25. The molecule has 28 heavy (non-hydrogen) atoms. The molecule has 2 aromatic heterocycles. The van der Waals surface area contributed by atoms with Crippen LogP contribution < -0.4 is 5.32 Å². The highest BCUT2D eigenvalue weighted by atomic mass is 32.2. The van der Waals surface area contributed by atoms with Crippen molar-refractivity contribution < 1.29 is 4.79 Å². The molecule has 1 N–H and O–H groups in total. The Morgan fingerprint density at radius 1 is 1.29 bits per heavy atom. The van der Waals surface area contributed by atoms with Crippen molar-refractivity contribution in [1.29, 1.82) is 0 Å². The van der Waals surface area contributed by atoms with E-state index >= 15 is 0 Å². The minimum atomic E-state index is 0.126. The summed E-state index contributed by atoms with van der Waals surface area (Å²) in [4.78, 5) is 19.3. The predicted octanol–water partition coefficient (Wildman–Crippen LogP) is 2.52. The molecule has 6 nitrogen and oxygen atoms in total. The summed E-state index contributed by atoms with van der Waals surface area (Å²) in [6.45, 7) is 5.56. The van der Waals surface area contributed by atoms with Crippen LogP contribution in [0.2, 0.25) is 0 Å². The zero-order valence-electron chi connectivity index (χ0n) is 16.6. The predicted molar refractivity (Wildman–Crippen MR) is 113 cm³/mol. The molecule has 1 saturated heterocycles. The average molecular weight is 400 g/mol. The van der Waals surface area contributed by atoms with E-state index in [1.54, 1.807) is 0 Å². The van der Waals surface area contributed by atoms with Crippen molar-refractivity contribution in [1.82, 2.24) is 25.0 Å². The molecule has 7 heteroatoms. The summed E-state index contributed by atoms with van der Waals surface area (Å²) in [6.07, 6.45) is 7.65. The van der Waals surface area contributed by atoms with Crippen LogP contribution in [-0.4, -0.2) is 56.2 Å². The van der Waals surface area contributed by atoms with E-state index in [1.807, 2.05) is 41.2 Å². The van der Waals surface area contributed by atoms with Crippen LogP contribution in [0, 0.1) is 0 Å². The first kappa shape index (κ1) is 19.5. The number of nitrogens with one attached hydrogen (secondary N) is 1. The van der Waals surface area contributed by atoms with Crippen LogP contribution in [0.15, 0.2) is 24.5 Å². The van der Waals surface area contributed by atoms with Gasteiger partial charge in [0.1, 0.15) is 0 Å². The zero-order chi connectivity index (χ0) is 19.3. The summed E-state index contributed by atoms with van der Waals surface area (Å²) < 4.78 is 2.10. The van der Waals surface area contributed by atoms with Gasteiger partial charge < -0.3 is 10.2 Å². The molecule has 0 saturated carbocycles. The standard InChI is InChI=1S/C21H29N5OS/c1-2-9-26-19-4-3-17(23-15-16-5-7-22-8-6-16)14-18(19)20(24-26)21(27)25-10-12-28-13-11-25/h5-8,17,23H,2-4,9-15H2,1H3. The van der Waals surface area contributed by atoms with Gasteiger partial charge in [0.25, 0.3) is 5.91 Å². The lowest BCUT2D eigenvalue weighted by molar-refractivity contribution is 0.0764. The number of thioether (sulfide) groups is 1. The molecule has 0 radical (unpaired) electrons. The smallest absolute Gasteiger partial charge is 0.274 e. The van der Waals surface area contributed by atoms with E-state index in [0.29, 0.717) is 11.7 Å². The number of nitrogens with zero attached hydrogens (tertiary/aromatic N) is 4. The molecule has 3 heterocycles. The van der Waals surface area contributed by atoms with Crippen molar-refractivity contribution in [3.05, 3.63) is 47.0 Å². The first-order valence-corrected chi connectivity index (χ1v) is 11.5. The van der Waals surface area contributed by atoms with Gasteiger partial charge in [-0.3, -0.25) is 14.5 Å². The summed E-state index contributed by atoms with van der Waals surface area (Å²) in [7, 11) is 0. The van der Waals surface area contributed by atoms with Crippen molar-refractivity contribution >= 4 is 17.7 Å². The van der Waals surface area contributed by atoms with Gasteiger partial charge in [0.15, 0.2) is 5.69 Å². The first-order valence-electron chi connectivity index (χ1n) is 10.3. The summed E-state index contributed by atoms with van der Waals surface area (Å²) >= 11 is 1.92. The lowest BCUT2D eigenvalue weighted by atomic mass is 9.91. The molecule has 0 spiro atoms. The van der Waals surface area contributed by atoms with E-state index in [9.17, 15) is 4.79 Å². The molecule has 2 aromatic rings. The highest BCUT2D eigenvalue weighted by Crippen LogP contribution is 2.27. The highest BCUT2D eigenvalue weighted by molar-refractivity contribution is 7.99. The van der Waals surface area contributed by atoms with Gasteiger partial charge in [-0.05, 0) is 43.4 Å². The molecule has 4 rings (SSSR count). The van der Waals surface area contributed by atoms with Gasteiger partial charge in [-0.25, -0.2) is 0 Å². The Balaban J connectivity index is 1.51. The minimum absolute atomic E-state index is 0.126. The van der Waals surface area contributed by atoms with Crippen molar-refractivity contribution in [2.75, 3.05) is 24.6 Å². The maximum atomic E-state index is 13.2. The normalized spacial score (nSPS) is 19.5. The molecule has 0 aromatic carbocycles. The Labute approximate surface area is 171 Å². The number of fused-ring (bicyclic) bond motifs is 1. The SMILES string of the molecule is CCCn1nc(C(=O)N2CCSCC2)c2c1CCC(NCc1ccncc1)C2. The minimum Gasteiger partial charge on any atom is -0.336 e. The Hall–Kier alpha value is -1.86. The van der Waals surface area contributed by atoms with Crippen LogP contribution >= 0.6 is 11.8 Å². The Bertz CT molecular complexity index is 801.